The van der Waals surface area contributed by atoms with Crippen molar-refractivity contribution in [1.82, 2.24) is 14.8 Å². The maximum Gasteiger partial charge on any atom is 0.340 e. The van der Waals surface area contributed by atoms with Crippen LogP contribution in [-0.2, 0) is 11.8 Å². The van der Waals surface area contributed by atoms with Crippen molar-refractivity contribution in [2.45, 2.75) is 6.92 Å². The van der Waals surface area contributed by atoms with E-state index >= 15 is 0 Å². The standard InChI is InChI=1S/C12H14N4O3/c1-3-18-11(17)9-6-8(4-5-10(9)13)19-12-14-7-16(2)15-12/h4-7H,3,13H2,1-2H3. The molecule has 0 aliphatic rings. The monoisotopic (exact) mass is 262 g/mol. The van der Waals surface area contributed by atoms with Gasteiger partial charge in [-0.25, -0.2) is 4.79 Å². The summed E-state index contributed by atoms with van der Waals surface area (Å²) in [7, 11) is 1.73. The first-order valence-corrected chi connectivity index (χ1v) is 5.70. The van der Waals surface area contributed by atoms with E-state index < -0.39 is 5.97 Å². The van der Waals surface area contributed by atoms with Crippen molar-refractivity contribution in [1.29, 1.82) is 0 Å². The zero-order valence-electron chi connectivity index (χ0n) is 10.7. The van der Waals surface area contributed by atoms with Gasteiger partial charge in [0, 0.05) is 12.7 Å². The molecule has 0 saturated heterocycles. The largest absolute Gasteiger partial charge is 0.462 e. The van der Waals surface area contributed by atoms with Crippen molar-refractivity contribution in [3.63, 3.8) is 0 Å². The van der Waals surface area contributed by atoms with Crippen LogP contribution in [0.15, 0.2) is 24.5 Å². The van der Waals surface area contributed by atoms with Gasteiger partial charge in [-0.2, -0.15) is 4.98 Å². The Bertz CT molecular complexity index is 594. The molecule has 1 aromatic carbocycles. The molecular weight excluding hydrogens is 248 g/mol. The highest BCUT2D eigenvalue weighted by atomic mass is 16.5. The van der Waals surface area contributed by atoms with E-state index in [0.29, 0.717) is 11.4 Å². The first kappa shape index (κ1) is 12.9. The van der Waals surface area contributed by atoms with E-state index in [1.54, 1.807) is 26.1 Å². The Balaban J connectivity index is 2.23. The molecule has 0 atom stereocenters. The first-order valence-electron chi connectivity index (χ1n) is 5.70. The van der Waals surface area contributed by atoms with Crippen LogP contribution in [0.25, 0.3) is 0 Å². The van der Waals surface area contributed by atoms with Crippen molar-refractivity contribution < 1.29 is 14.3 Å². The van der Waals surface area contributed by atoms with E-state index in [4.69, 9.17) is 15.2 Å². The van der Waals surface area contributed by atoms with Gasteiger partial charge in [-0.1, -0.05) is 0 Å². The SMILES string of the molecule is CCOC(=O)c1cc(Oc2ncn(C)n2)ccc1N. The second kappa shape index (κ2) is 5.38. The molecule has 7 nitrogen and oxygen atoms in total. The fourth-order valence-electron chi connectivity index (χ4n) is 1.46. The lowest BCUT2D eigenvalue weighted by Crippen LogP contribution is -2.08. The summed E-state index contributed by atoms with van der Waals surface area (Å²) in [6, 6.07) is 4.91. The molecule has 0 bridgehead atoms. The van der Waals surface area contributed by atoms with Crippen LogP contribution in [0.5, 0.6) is 11.8 Å². The summed E-state index contributed by atoms with van der Waals surface area (Å²) in [6.07, 6.45) is 1.51. The van der Waals surface area contributed by atoms with E-state index in [1.165, 1.54) is 17.1 Å². The fourth-order valence-corrected chi connectivity index (χ4v) is 1.46. The average Bonchev–Trinajstić information content (AvgIpc) is 2.77. The number of nitrogens with zero attached hydrogens (tertiary/aromatic N) is 3. The number of aromatic nitrogens is 3. The van der Waals surface area contributed by atoms with Crippen LogP contribution in [0.2, 0.25) is 0 Å². The maximum absolute atomic E-state index is 11.7. The molecule has 0 aliphatic carbocycles. The summed E-state index contributed by atoms with van der Waals surface area (Å²) in [6.45, 7) is 2.01. The molecule has 2 N–H and O–H groups in total. The molecule has 0 aliphatic heterocycles. The topological polar surface area (TPSA) is 92.3 Å². The second-order valence-electron chi connectivity index (χ2n) is 3.77. The lowest BCUT2D eigenvalue weighted by Gasteiger charge is -2.07. The van der Waals surface area contributed by atoms with Gasteiger partial charge in [0.05, 0.1) is 12.2 Å². The van der Waals surface area contributed by atoms with Crippen molar-refractivity contribution >= 4 is 11.7 Å². The first-order chi connectivity index (χ1) is 9.10. The van der Waals surface area contributed by atoms with Gasteiger partial charge in [0.1, 0.15) is 12.1 Å². The van der Waals surface area contributed by atoms with Crippen LogP contribution < -0.4 is 10.5 Å². The van der Waals surface area contributed by atoms with Crippen molar-refractivity contribution in [2.24, 2.45) is 7.05 Å². The van der Waals surface area contributed by atoms with Gasteiger partial charge >= 0.3 is 12.0 Å². The predicted molar refractivity (Wildman–Crippen MR) is 67.9 cm³/mol. The highest BCUT2D eigenvalue weighted by Crippen LogP contribution is 2.23. The summed E-state index contributed by atoms with van der Waals surface area (Å²) >= 11 is 0. The summed E-state index contributed by atoms with van der Waals surface area (Å²) in [5.74, 6) is -0.0668. The molecule has 1 aromatic heterocycles. The molecule has 2 rings (SSSR count). The number of nitrogens with two attached hydrogens (primary N) is 1. The van der Waals surface area contributed by atoms with E-state index in [2.05, 4.69) is 10.1 Å². The molecule has 0 saturated carbocycles. The van der Waals surface area contributed by atoms with Gasteiger partial charge in [-0.05, 0) is 25.1 Å². The minimum Gasteiger partial charge on any atom is -0.462 e. The molecule has 0 radical (unpaired) electrons. The van der Waals surface area contributed by atoms with Crippen LogP contribution in [0, 0.1) is 0 Å². The maximum atomic E-state index is 11.7. The van der Waals surface area contributed by atoms with E-state index in [-0.39, 0.29) is 18.2 Å². The molecule has 2 aromatic rings. The second-order valence-corrected chi connectivity index (χ2v) is 3.77. The normalized spacial score (nSPS) is 10.2. The van der Waals surface area contributed by atoms with Crippen molar-refractivity contribution in [3.8, 4) is 11.8 Å². The smallest absolute Gasteiger partial charge is 0.340 e. The number of hydrogen-bond donors (Lipinski definition) is 1. The highest BCUT2D eigenvalue weighted by molar-refractivity contribution is 5.95. The molecule has 0 spiro atoms. The number of hydrogen-bond acceptors (Lipinski definition) is 6. The van der Waals surface area contributed by atoms with Crippen molar-refractivity contribution in [2.75, 3.05) is 12.3 Å². The third kappa shape index (κ3) is 3.01. The number of anilines is 1. The van der Waals surface area contributed by atoms with Crippen LogP contribution >= 0.6 is 0 Å². The number of carbonyl (C=O) groups is 1. The predicted octanol–water partition coefficient (Wildman–Crippen LogP) is 1.37. The number of carbonyl (C=O) groups excluding carboxylic acids is 1. The Morgan fingerprint density at radius 3 is 2.89 bits per heavy atom. The Hall–Kier alpha value is -2.57. The minimum absolute atomic E-state index is 0.196. The van der Waals surface area contributed by atoms with Gasteiger partial charge < -0.3 is 15.2 Å². The zero-order valence-corrected chi connectivity index (χ0v) is 10.7. The number of benzene rings is 1. The van der Waals surface area contributed by atoms with Crippen LogP contribution in [0.4, 0.5) is 5.69 Å². The third-order valence-electron chi connectivity index (χ3n) is 2.31. The Kier molecular flexibility index (Phi) is 3.65. The molecule has 19 heavy (non-hydrogen) atoms. The van der Waals surface area contributed by atoms with Crippen LogP contribution in [0.1, 0.15) is 17.3 Å². The molecular formula is C12H14N4O3. The summed E-state index contributed by atoms with van der Waals surface area (Å²) in [5, 5.41) is 3.98. The number of esters is 1. The lowest BCUT2D eigenvalue weighted by molar-refractivity contribution is 0.0527. The number of rotatable bonds is 4. The number of nitrogen functional groups attached to an aromatic ring is 1. The quantitative estimate of drug-likeness (QED) is 0.660. The van der Waals surface area contributed by atoms with E-state index in [0.717, 1.165) is 0 Å². The molecule has 0 unspecified atom stereocenters. The van der Waals surface area contributed by atoms with Gasteiger partial charge in [-0.3, -0.25) is 4.68 Å². The Morgan fingerprint density at radius 1 is 1.47 bits per heavy atom. The summed E-state index contributed by atoms with van der Waals surface area (Å²) in [5.41, 5.74) is 6.32. The summed E-state index contributed by atoms with van der Waals surface area (Å²) < 4.78 is 11.8. The Labute approximate surface area is 110 Å². The molecule has 100 valence electrons. The van der Waals surface area contributed by atoms with Crippen LogP contribution in [0.3, 0.4) is 0 Å². The highest BCUT2D eigenvalue weighted by Gasteiger charge is 2.13. The third-order valence-corrected chi connectivity index (χ3v) is 2.31. The number of ether oxygens (including phenoxy) is 2. The van der Waals surface area contributed by atoms with E-state index in [1.807, 2.05) is 0 Å². The summed E-state index contributed by atoms with van der Waals surface area (Å²) in [4.78, 5) is 15.6. The molecule has 0 amide bonds. The zero-order chi connectivity index (χ0) is 13.8. The fraction of sp³-hybridized carbons (Fsp3) is 0.250. The van der Waals surface area contributed by atoms with Crippen LogP contribution in [-0.4, -0.2) is 27.3 Å². The van der Waals surface area contributed by atoms with Gasteiger partial charge in [0.2, 0.25) is 0 Å². The number of aryl methyl sites for hydroxylation is 1. The lowest BCUT2D eigenvalue weighted by atomic mass is 10.2. The van der Waals surface area contributed by atoms with Gasteiger partial charge in [0.15, 0.2) is 0 Å². The van der Waals surface area contributed by atoms with E-state index in [9.17, 15) is 4.79 Å². The Morgan fingerprint density at radius 2 is 2.26 bits per heavy atom. The molecule has 0 fully saturated rings. The van der Waals surface area contributed by atoms with Crippen molar-refractivity contribution in [3.05, 3.63) is 30.1 Å². The molecule has 7 heteroatoms. The minimum atomic E-state index is -0.487. The van der Waals surface area contributed by atoms with Gasteiger partial charge in [-0.15, -0.1) is 5.10 Å². The van der Waals surface area contributed by atoms with Gasteiger partial charge in [0.25, 0.3) is 0 Å². The average molecular weight is 262 g/mol. The molecule has 1 heterocycles.